The van der Waals surface area contributed by atoms with Gasteiger partial charge in [0.05, 0.1) is 11.8 Å². The maximum Gasteiger partial charge on any atom is 0.354 e. The second-order valence-electron chi connectivity index (χ2n) is 4.01. The lowest BCUT2D eigenvalue weighted by Gasteiger charge is -2.08. The molecule has 1 aromatic carbocycles. The Morgan fingerprint density at radius 2 is 2.32 bits per heavy atom. The summed E-state index contributed by atoms with van der Waals surface area (Å²) >= 11 is 0. The summed E-state index contributed by atoms with van der Waals surface area (Å²) in [5, 5.41) is 17.8. The lowest BCUT2D eigenvalue weighted by Crippen LogP contribution is -2.11. The van der Waals surface area contributed by atoms with Gasteiger partial charge in [0.25, 0.3) is 0 Å². The highest BCUT2D eigenvalue weighted by atomic mass is 19.1. The van der Waals surface area contributed by atoms with E-state index in [4.69, 9.17) is 10.4 Å². The lowest BCUT2D eigenvalue weighted by atomic mass is 10.1. The number of nitrogens with zero attached hydrogens (tertiary/aromatic N) is 3. The van der Waals surface area contributed by atoms with Crippen LogP contribution in [0.3, 0.4) is 0 Å². The highest BCUT2D eigenvalue weighted by molar-refractivity contribution is 5.85. The van der Waals surface area contributed by atoms with Crippen molar-refractivity contribution in [2.24, 2.45) is 0 Å². The predicted molar refractivity (Wildman–Crippen MR) is 64.1 cm³/mol. The molecular formula is C13H10FN3O2. The number of aromatic carboxylic acids is 1. The minimum atomic E-state index is -1.08. The summed E-state index contributed by atoms with van der Waals surface area (Å²) < 4.78 is 14.7. The molecule has 0 spiro atoms. The molecule has 1 heterocycles. The minimum Gasteiger partial charge on any atom is -0.477 e. The Balaban J connectivity index is 2.39. The number of aryl methyl sites for hydroxylation is 1. The van der Waals surface area contributed by atoms with E-state index in [2.05, 4.69) is 4.98 Å². The average molecular weight is 259 g/mol. The smallest absolute Gasteiger partial charge is 0.354 e. The lowest BCUT2D eigenvalue weighted by molar-refractivity contribution is 0.0685. The summed E-state index contributed by atoms with van der Waals surface area (Å²) in [7, 11) is 0. The van der Waals surface area contributed by atoms with Crippen LogP contribution in [0.5, 0.6) is 0 Å². The Hall–Kier alpha value is -2.68. The molecule has 96 valence electrons. The summed E-state index contributed by atoms with van der Waals surface area (Å²) in [6.07, 6.45) is 1.27. The van der Waals surface area contributed by atoms with Gasteiger partial charge in [-0.05, 0) is 24.6 Å². The Morgan fingerprint density at radius 3 is 2.95 bits per heavy atom. The number of rotatable bonds is 3. The molecule has 1 N–H and O–H groups in total. The van der Waals surface area contributed by atoms with Crippen LogP contribution >= 0.6 is 0 Å². The maximum absolute atomic E-state index is 13.2. The van der Waals surface area contributed by atoms with Gasteiger partial charge in [0.15, 0.2) is 0 Å². The zero-order chi connectivity index (χ0) is 14.0. The van der Waals surface area contributed by atoms with Crippen molar-refractivity contribution in [3.8, 4) is 6.07 Å². The zero-order valence-electron chi connectivity index (χ0n) is 10.1. The van der Waals surface area contributed by atoms with Gasteiger partial charge in [-0.2, -0.15) is 5.26 Å². The van der Waals surface area contributed by atoms with Crippen LogP contribution in [0.1, 0.15) is 27.4 Å². The van der Waals surface area contributed by atoms with Gasteiger partial charge in [-0.1, -0.05) is 6.07 Å². The third-order valence-corrected chi connectivity index (χ3v) is 2.77. The second-order valence-corrected chi connectivity index (χ2v) is 4.01. The summed E-state index contributed by atoms with van der Waals surface area (Å²) in [5.74, 6) is -1.13. The van der Waals surface area contributed by atoms with E-state index in [0.717, 1.165) is 0 Å². The van der Waals surface area contributed by atoms with E-state index in [1.54, 1.807) is 13.0 Å². The quantitative estimate of drug-likeness (QED) is 0.913. The monoisotopic (exact) mass is 259 g/mol. The van der Waals surface area contributed by atoms with Gasteiger partial charge < -0.3 is 9.67 Å². The number of benzene rings is 1. The van der Waals surface area contributed by atoms with Crippen molar-refractivity contribution >= 4 is 5.97 Å². The molecule has 19 heavy (non-hydrogen) atoms. The van der Waals surface area contributed by atoms with E-state index >= 15 is 0 Å². The first-order valence-corrected chi connectivity index (χ1v) is 5.47. The summed E-state index contributed by atoms with van der Waals surface area (Å²) in [4.78, 5) is 15.0. The second kappa shape index (κ2) is 4.90. The molecule has 0 unspecified atom stereocenters. The summed E-state index contributed by atoms with van der Waals surface area (Å²) in [6, 6.07) is 5.86. The molecule has 5 nitrogen and oxygen atoms in total. The van der Waals surface area contributed by atoms with Crippen molar-refractivity contribution in [1.29, 1.82) is 5.26 Å². The number of imidazole rings is 1. The largest absolute Gasteiger partial charge is 0.477 e. The molecule has 0 aliphatic carbocycles. The van der Waals surface area contributed by atoms with Crippen LogP contribution in [0, 0.1) is 24.1 Å². The SMILES string of the molecule is Cc1ncc(C(=O)O)n1Cc1ccc(F)c(C#N)c1. The van der Waals surface area contributed by atoms with Gasteiger partial charge in [-0.25, -0.2) is 14.2 Å². The third kappa shape index (κ3) is 2.45. The van der Waals surface area contributed by atoms with Crippen LogP contribution in [0.15, 0.2) is 24.4 Å². The van der Waals surface area contributed by atoms with Gasteiger partial charge in [0.1, 0.15) is 23.4 Å². The number of carboxylic acids is 1. The van der Waals surface area contributed by atoms with E-state index in [0.29, 0.717) is 11.4 Å². The van der Waals surface area contributed by atoms with Crippen molar-refractivity contribution in [2.75, 3.05) is 0 Å². The fraction of sp³-hybridized carbons (Fsp3) is 0.154. The van der Waals surface area contributed by atoms with Crippen molar-refractivity contribution in [2.45, 2.75) is 13.5 Å². The molecule has 0 amide bonds. The van der Waals surface area contributed by atoms with E-state index in [9.17, 15) is 9.18 Å². The molecule has 0 aliphatic heterocycles. The molecule has 0 radical (unpaired) electrons. The summed E-state index contributed by atoms with van der Waals surface area (Å²) in [6.45, 7) is 1.91. The first-order chi connectivity index (χ1) is 9.02. The number of nitriles is 1. The van der Waals surface area contributed by atoms with E-state index in [-0.39, 0.29) is 17.8 Å². The van der Waals surface area contributed by atoms with Crippen molar-refractivity contribution < 1.29 is 14.3 Å². The first-order valence-electron chi connectivity index (χ1n) is 5.47. The fourth-order valence-electron chi connectivity index (χ4n) is 1.78. The molecule has 2 aromatic rings. The minimum absolute atomic E-state index is 0.0559. The number of carboxylic acid groups (broad SMARTS) is 1. The number of halogens is 1. The highest BCUT2D eigenvalue weighted by Gasteiger charge is 2.14. The highest BCUT2D eigenvalue weighted by Crippen LogP contribution is 2.13. The molecule has 0 bridgehead atoms. The summed E-state index contributed by atoms with van der Waals surface area (Å²) in [5.41, 5.74) is 0.633. The molecule has 1 aromatic heterocycles. The molecule has 6 heteroatoms. The van der Waals surface area contributed by atoms with Crippen LogP contribution in [-0.2, 0) is 6.54 Å². The van der Waals surface area contributed by atoms with Crippen LogP contribution in [0.2, 0.25) is 0 Å². The van der Waals surface area contributed by atoms with Crippen molar-refractivity contribution in [3.05, 3.63) is 52.9 Å². The Kier molecular flexibility index (Phi) is 3.29. The zero-order valence-corrected chi connectivity index (χ0v) is 10.1. The van der Waals surface area contributed by atoms with E-state index in [1.807, 2.05) is 0 Å². The van der Waals surface area contributed by atoms with Gasteiger partial charge in [0, 0.05) is 6.54 Å². The average Bonchev–Trinajstić information content (AvgIpc) is 2.73. The number of hydrogen-bond acceptors (Lipinski definition) is 3. The van der Waals surface area contributed by atoms with Gasteiger partial charge in [-0.3, -0.25) is 0 Å². The standard InChI is InChI=1S/C13H10FN3O2/c1-8-16-6-12(13(18)19)17(8)7-9-2-3-11(14)10(4-9)5-15/h2-4,6H,7H2,1H3,(H,18,19). The fourth-order valence-corrected chi connectivity index (χ4v) is 1.78. The molecule has 0 aliphatic rings. The molecular weight excluding hydrogens is 249 g/mol. The Labute approximate surface area is 108 Å². The Morgan fingerprint density at radius 1 is 1.58 bits per heavy atom. The van der Waals surface area contributed by atoms with Gasteiger partial charge in [0.2, 0.25) is 0 Å². The predicted octanol–water partition coefficient (Wildman–Crippen LogP) is 1.95. The van der Waals surface area contributed by atoms with Crippen molar-refractivity contribution in [1.82, 2.24) is 9.55 Å². The molecule has 2 rings (SSSR count). The molecule has 0 fully saturated rings. The first kappa shape index (κ1) is 12.8. The van der Waals surface area contributed by atoms with E-state index < -0.39 is 11.8 Å². The van der Waals surface area contributed by atoms with Crippen LogP contribution in [0.25, 0.3) is 0 Å². The molecule has 0 saturated carbocycles. The number of hydrogen-bond donors (Lipinski definition) is 1. The topological polar surface area (TPSA) is 78.9 Å². The molecule has 0 atom stereocenters. The van der Waals surface area contributed by atoms with Gasteiger partial charge in [-0.15, -0.1) is 0 Å². The number of aromatic nitrogens is 2. The normalized spacial score (nSPS) is 10.2. The van der Waals surface area contributed by atoms with E-state index in [1.165, 1.54) is 29.0 Å². The van der Waals surface area contributed by atoms with Crippen LogP contribution in [0.4, 0.5) is 4.39 Å². The number of carbonyl (C=O) groups is 1. The van der Waals surface area contributed by atoms with Crippen LogP contribution < -0.4 is 0 Å². The van der Waals surface area contributed by atoms with Gasteiger partial charge >= 0.3 is 5.97 Å². The van der Waals surface area contributed by atoms with Crippen molar-refractivity contribution in [3.63, 3.8) is 0 Å². The molecule has 0 saturated heterocycles. The maximum atomic E-state index is 13.2. The van der Waals surface area contributed by atoms with Crippen LogP contribution in [-0.4, -0.2) is 20.6 Å². The Bertz CT molecular complexity index is 686. The third-order valence-electron chi connectivity index (χ3n) is 2.77.